The fraction of sp³-hybridized carbons (Fsp3) is 0. The number of carbonyl (C=O) groups is 1. The third kappa shape index (κ3) is 2.42. The van der Waals surface area contributed by atoms with E-state index in [1.807, 2.05) is 0 Å². The van der Waals surface area contributed by atoms with Crippen LogP contribution in [0.15, 0.2) is 21.7 Å². The van der Waals surface area contributed by atoms with Crippen molar-refractivity contribution >= 4 is 39.3 Å². The van der Waals surface area contributed by atoms with E-state index >= 15 is 0 Å². The molecule has 0 radical (unpaired) electrons. The number of carboxylic acid groups (broad SMARTS) is 1. The zero-order valence-corrected chi connectivity index (χ0v) is 8.15. The lowest BCUT2D eigenvalue weighted by molar-refractivity contribution is -0.134. The van der Waals surface area contributed by atoms with Crippen LogP contribution in [0.25, 0.3) is 6.08 Å². The molecule has 0 aliphatic heterocycles. The Hall–Kier alpha value is -0.680. The summed E-state index contributed by atoms with van der Waals surface area (Å²) < 4.78 is 13.3. The molecule has 0 saturated carbocycles. The quantitative estimate of drug-likeness (QED) is 0.820. The van der Waals surface area contributed by atoms with Crippen LogP contribution in [0.5, 0.6) is 0 Å². The van der Waals surface area contributed by atoms with Gasteiger partial charge in [0.1, 0.15) is 0 Å². The van der Waals surface area contributed by atoms with Crippen LogP contribution >= 0.6 is 27.3 Å². The van der Waals surface area contributed by atoms with Gasteiger partial charge in [0, 0.05) is 14.7 Å². The highest BCUT2D eigenvalue weighted by atomic mass is 79.9. The monoisotopic (exact) mass is 250 g/mol. The first-order valence-corrected chi connectivity index (χ1v) is 4.61. The predicted molar refractivity (Wildman–Crippen MR) is 48.7 cm³/mol. The zero-order chi connectivity index (χ0) is 9.14. The van der Waals surface area contributed by atoms with Crippen molar-refractivity contribution < 1.29 is 14.3 Å². The van der Waals surface area contributed by atoms with Gasteiger partial charge in [0.15, 0.2) is 0 Å². The molecule has 0 aliphatic carbocycles. The fourth-order valence-electron chi connectivity index (χ4n) is 0.591. The van der Waals surface area contributed by atoms with Gasteiger partial charge in [-0.05, 0) is 28.1 Å². The second-order valence-corrected chi connectivity index (χ2v) is 3.82. The predicted octanol–water partition coefficient (Wildman–Crippen LogP) is 2.91. The number of hydrogen-bond donors (Lipinski definition) is 1. The van der Waals surface area contributed by atoms with Crippen LogP contribution in [-0.2, 0) is 4.79 Å². The van der Waals surface area contributed by atoms with Crippen molar-refractivity contribution in [3.05, 3.63) is 26.6 Å². The summed E-state index contributed by atoms with van der Waals surface area (Å²) in [6.45, 7) is 0. The van der Waals surface area contributed by atoms with Crippen LogP contribution in [0.3, 0.4) is 0 Å². The molecule has 2 nitrogen and oxygen atoms in total. The lowest BCUT2D eigenvalue weighted by Crippen LogP contribution is -1.93. The van der Waals surface area contributed by atoms with Crippen LogP contribution in [0.4, 0.5) is 4.39 Å². The largest absolute Gasteiger partial charge is 0.476 e. The van der Waals surface area contributed by atoms with E-state index in [-0.39, 0.29) is 0 Å². The maximum atomic E-state index is 12.5. The molecular weight excluding hydrogens is 247 g/mol. The molecule has 1 rings (SSSR count). The molecule has 0 bridgehead atoms. The molecule has 0 unspecified atom stereocenters. The number of aliphatic carboxylic acids is 1. The Morgan fingerprint density at radius 3 is 2.83 bits per heavy atom. The fourth-order valence-corrected chi connectivity index (χ4v) is 1.95. The number of rotatable bonds is 2. The Bertz CT molecular complexity index is 332. The molecule has 0 atom stereocenters. The third-order valence-electron chi connectivity index (χ3n) is 1.06. The first kappa shape index (κ1) is 9.41. The van der Waals surface area contributed by atoms with Gasteiger partial charge in [-0.1, -0.05) is 0 Å². The van der Waals surface area contributed by atoms with Crippen molar-refractivity contribution in [2.45, 2.75) is 0 Å². The minimum atomic E-state index is -1.54. The molecule has 0 spiro atoms. The molecule has 1 aromatic heterocycles. The topological polar surface area (TPSA) is 37.3 Å². The van der Waals surface area contributed by atoms with Gasteiger partial charge in [0.05, 0.1) is 0 Å². The highest BCUT2D eigenvalue weighted by Gasteiger charge is 2.05. The summed E-state index contributed by atoms with van der Waals surface area (Å²) in [5.41, 5.74) is 0. The number of thiophene rings is 1. The SMILES string of the molecule is O=C(O)/C(F)=C/c1cc(Br)cs1. The number of carboxylic acids is 1. The second-order valence-electron chi connectivity index (χ2n) is 1.96. The molecule has 64 valence electrons. The summed E-state index contributed by atoms with van der Waals surface area (Å²) in [5, 5.41) is 9.95. The van der Waals surface area contributed by atoms with Gasteiger partial charge in [-0.2, -0.15) is 4.39 Å². The molecule has 0 amide bonds. The first-order valence-electron chi connectivity index (χ1n) is 2.94. The molecule has 1 aromatic rings. The maximum absolute atomic E-state index is 12.5. The van der Waals surface area contributed by atoms with E-state index in [0.29, 0.717) is 4.88 Å². The third-order valence-corrected chi connectivity index (χ3v) is 2.70. The summed E-state index contributed by atoms with van der Waals surface area (Å²) >= 11 is 4.44. The highest BCUT2D eigenvalue weighted by Crippen LogP contribution is 2.22. The summed E-state index contributed by atoms with van der Waals surface area (Å²) in [4.78, 5) is 10.6. The van der Waals surface area contributed by atoms with Crippen LogP contribution < -0.4 is 0 Å². The average Bonchev–Trinajstić information content (AvgIpc) is 2.35. The molecule has 0 aromatic carbocycles. The van der Waals surface area contributed by atoms with Crippen molar-refractivity contribution in [3.63, 3.8) is 0 Å². The van der Waals surface area contributed by atoms with E-state index in [2.05, 4.69) is 15.9 Å². The van der Waals surface area contributed by atoms with Crippen molar-refractivity contribution in [3.8, 4) is 0 Å². The van der Waals surface area contributed by atoms with Crippen LogP contribution in [0, 0.1) is 0 Å². The van der Waals surface area contributed by atoms with Crippen molar-refractivity contribution in [2.75, 3.05) is 0 Å². The number of hydrogen-bond acceptors (Lipinski definition) is 2. The molecular formula is C7H4BrFO2S. The second kappa shape index (κ2) is 3.82. The maximum Gasteiger partial charge on any atom is 0.364 e. The zero-order valence-electron chi connectivity index (χ0n) is 5.75. The van der Waals surface area contributed by atoms with E-state index in [0.717, 1.165) is 10.5 Å². The van der Waals surface area contributed by atoms with Gasteiger partial charge in [-0.15, -0.1) is 11.3 Å². The van der Waals surface area contributed by atoms with Crippen LogP contribution in [0.1, 0.15) is 4.88 Å². The lowest BCUT2D eigenvalue weighted by atomic mass is 10.4. The van der Waals surface area contributed by atoms with Gasteiger partial charge in [0.25, 0.3) is 0 Å². The van der Waals surface area contributed by atoms with Crippen LogP contribution in [-0.4, -0.2) is 11.1 Å². The van der Waals surface area contributed by atoms with Gasteiger partial charge in [-0.25, -0.2) is 4.79 Å². The summed E-state index contributed by atoms with van der Waals surface area (Å²) in [5.74, 6) is -2.69. The summed E-state index contributed by atoms with van der Waals surface area (Å²) in [6.07, 6.45) is 0.984. The van der Waals surface area contributed by atoms with Crippen molar-refractivity contribution in [1.82, 2.24) is 0 Å². The molecule has 12 heavy (non-hydrogen) atoms. The van der Waals surface area contributed by atoms with Gasteiger partial charge >= 0.3 is 5.97 Å². The van der Waals surface area contributed by atoms with E-state index in [9.17, 15) is 9.18 Å². The Labute approximate surface area is 80.5 Å². The van der Waals surface area contributed by atoms with E-state index < -0.39 is 11.8 Å². The summed E-state index contributed by atoms with van der Waals surface area (Å²) in [7, 11) is 0. The average molecular weight is 251 g/mol. The van der Waals surface area contributed by atoms with Gasteiger partial charge in [-0.3, -0.25) is 0 Å². The number of halogens is 2. The van der Waals surface area contributed by atoms with E-state index in [1.165, 1.54) is 11.3 Å². The minimum Gasteiger partial charge on any atom is -0.476 e. The van der Waals surface area contributed by atoms with Gasteiger partial charge < -0.3 is 5.11 Å². The Kier molecular flexibility index (Phi) is 2.99. The van der Waals surface area contributed by atoms with Crippen molar-refractivity contribution in [1.29, 1.82) is 0 Å². The smallest absolute Gasteiger partial charge is 0.364 e. The first-order chi connectivity index (χ1) is 5.59. The van der Waals surface area contributed by atoms with Crippen LogP contribution in [0.2, 0.25) is 0 Å². The molecule has 1 heterocycles. The molecule has 0 fully saturated rings. The highest BCUT2D eigenvalue weighted by molar-refractivity contribution is 9.10. The Morgan fingerprint density at radius 1 is 1.75 bits per heavy atom. The standard InChI is InChI=1S/C7H4BrFO2S/c8-4-1-5(12-3-4)2-6(9)7(10)11/h1-3H,(H,10,11)/b6-2-. The van der Waals surface area contributed by atoms with Gasteiger partial charge in [0.2, 0.25) is 5.83 Å². The van der Waals surface area contributed by atoms with Crippen molar-refractivity contribution in [2.24, 2.45) is 0 Å². The Morgan fingerprint density at radius 2 is 2.42 bits per heavy atom. The van der Waals surface area contributed by atoms with E-state index in [4.69, 9.17) is 5.11 Å². The molecule has 5 heteroatoms. The minimum absolute atomic E-state index is 0.571. The molecule has 0 aliphatic rings. The molecule has 1 N–H and O–H groups in total. The Balaban J connectivity index is 2.87. The molecule has 0 saturated heterocycles. The lowest BCUT2D eigenvalue weighted by Gasteiger charge is -1.85. The van der Waals surface area contributed by atoms with E-state index in [1.54, 1.807) is 11.4 Å². The normalized spacial score (nSPS) is 11.7. The summed E-state index contributed by atoms with van der Waals surface area (Å²) in [6, 6.07) is 1.65.